The van der Waals surface area contributed by atoms with Crippen LogP contribution in [-0.4, -0.2) is 25.3 Å². The summed E-state index contributed by atoms with van der Waals surface area (Å²) in [5.41, 5.74) is 2.72. The Hall–Kier alpha value is -2.80. The highest BCUT2D eigenvalue weighted by molar-refractivity contribution is 7.99. The highest BCUT2D eigenvalue weighted by atomic mass is 32.2. The summed E-state index contributed by atoms with van der Waals surface area (Å²) in [7, 11) is 0. The third-order valence-electron chi connectivity index (χ3n) is 3.56. The van der Waals surface area contributed by atoms with Gasteiger partial charge in [-0.25, -0.2) is 4.39 Å². The van der Waals surface area contributed by atoms with Crippen molar-refractivity contribution in [3.63, 3.8) is 0 Å². The quantitative estimate of drug-likeness (QED) is 0.533. The SMILES string of the molecule is Fc1ccc([C@@H](Sc2ccc3nnnn3n2)c2ccccc2)cc1. The second kappa shape index (κ2) is 6.37. The molecule has 5 nitrogen and oxygen atoms in total. The highest BCUT2D eigenvalue weighted by Gasteiger charge is 2.17. The molecule has 118 valence electrons. The molecule has 0 amide bonds. The lowest BCUT2D eigenvalue weighted by atomic mass is 10.0. The molecule has 0 saturated heterocycles. The predicted octanol–water partition coefficient (Wildman–Crippen LogP) is 3.54. The molecule has 2 aromatic carbocycles. The maximum Gasteiger partial charge on any atom is 0.200 e. The number of nitrogens with zero attached hydrogens (tertiary/aromatic N) is 5. The molecule has 2 heterocycles. The van der Waals surface area contributed by atoms with Gasteiger partial charge in [0.25, 0.3) is 0 Å². The minimum absolute atomic E-state index is 0.00627. The predicted molar refractivity (Wildman–Crippen MR) is 89.1 cm³/mol. The number of hydrogen-bond acceptors (Lipinski definition) is 5. The zero-order valence-corrected chi connectivity index (χ0v) is 13.3. The van der Waals surface area contributed by atoms with Gasteiger partial charge in [0.1, 0.15) is 10.8 Å². The lowest BCUT2D eigenvalue weighted by molar-refractivity contribution is 0.627. The van der Waals surface area contributed by atoms with E-state index in [9.17, 15) is 4.39 Å². The van der Waals surface area contributed by atoms with Crippen molar-refractivity contribution in [1.29, 1.82) is 0 Å². The van der Waals surface area contributed by atoms with E-state index < -0.39 is 0 Å². The number of rotatable bonds is 4. The van der Waals surface area contributed by atoms with Crippen LogP contribution in [0.1, 0.15) is 16.4 Å². The molecule has 0 unspecified atom stereocenters. The first-order valence-electron chi connectivity index (χ1n) is 7.32. The minimum atomic E-state index is -0.246. The van der Waals surface area contributed by atoms with Gasteiger partial charge in [-0.15, -0.1) is 14.8 Å². The molecule has 0 aliphatic carbocycles. The van der Waals surface area contributed by atoms with Crippen molar-refractivity contribution in [2.75, 3.05) is 0 Å². The molecule has 0 N–H and O–H groups in total. The van der Waals surface area contributed by atoms with Gasteiger partial charge in [0.2, 0.25) is 0 Å². The fourth-order valence-corrected chi connectivity index (χ4v) is 3.51. The van der Waals surface area contributed by atoms with Crippen LogP contribution in [0.5, 0.6) is 0 Å². The average Bonchev–Trinajstić information content (AvgIpc) is 3.09. The number of hydrogen-bond donors (Lipinski definition) is 0. The number of halogens is 1. The average molecular weight is 337 g/mol. The van der Waals surface area contributed by atoms with E-state index in [1.807, 2.05) is 30.3 Å². The molecular weight excluding hydrogens is 325 g/mol. The molecule has 24 heavy (non-hydrogen) atoms. The molecule has 4 aromatic rings. The van der Waals surface area contributed by atoms with Gasteiger partial charge in [-0.1, -0.05) is 54.2 Å². The number of tetrazole rings is 1. The Kier molecular flexibility index (Phi) is 3.92. The van der Waals surface area contributed by atoms with Crippen LogP contribution in [-0.2, 0) is 0 Å². The molecule has 0 spiro atoms. The van der Waals surface area contributed by atoms with Gasteiger partial charge in [-0.3, -0.25) is 0 Å². The van der Waals surface area contributed by atoms with Crippen LogP contribution in [0.25, 0.3) is 5.65 Å². The summed E-state index contributed by atoms with van der Waals surface area (Å²) in [5, 5.41) is 16.5. The van der Waals surface area contributed by atoms with E-state index in [1.165, 1.54) is 16.8 Å². The number of aromatic nitrogens is 5. The monoisotopic (exact) mass is 337 g/mol. The molecule has 4 rings (SSSR count). The topological polar surface area (TPSA) is 56.0 Å². The normalized spacial score (nSPS) is 12.4. The molecule has 0 saturated carbocycles. The smallest absolute Gasteiger partial charge is 0.200 e. The van der Waals surface area contributed by atoms with Crippen LogP contribution in [0.2, 0.25) is 0 Å². The molecular formula is C17H12FN5S. The standard InChI is InChI=1S/C17H12FN5S/c18-14-8-6-13(7-9-14)17(12-4-2-1-3-5-12)24-16-11-10-15-19-21-22-23(15)20-16/h1-11,17H/t17-/m0/s1. The first-order valence-corrected chi connectivity index (χ1v) is 8.20. The van der Waals surface area contributed by atoms with Gasteiger partial charge in [0.15, 0.2) is 5.65 Å². The molecule has 0 aliphatic rings. The molecule has 0 fully saturated rings. The van der Waals surface area contributed by atoms with Crippen molar-refractivity contribution in [3.05, 3.63) is 83.7 Å². The van der Waals surface area contributed by atoms with Crippen LogP contribution >= 0.6 is 11.8 Å². The Morgan fingerprint density at radius 1 is 0.875 bits per heavy atom. The maximum atomic E-state index is 13.3. The van der Waals surface area contributed by atoms with Gasteiger partial charge < -0.3 is 0 Å². The second-order valence-corrected chi connectivity index (χ2v) is 6.28. The summed E-state index contributed by atoms with van der Waals surface area (Å²) in [6, 6.07) is 20.3. The van der Waals surface area contributed by atoms with E-state index in [0.717, 1.165) is 16.2 Å². The zero-order chi connectivity index (χ0) is 16.4. The van der Waals surface area contributed by atoms with E-state index in [0.29, 0.717) is 5.65 Å². The molecule has 0 radical (unpaired) electrons. The molecule has 7 heteroatoms. The van der Waals surface area contributed by atoms with Crippen molar-refractivity contribution in [1.82, 2.24) is 25.3 Å². The van der Waals surface area contributed by atoms with Crippen molar-refractivity contribution in [2.45, 2.75) is 10.3 Å². The summed E-state index contributed by atoms with van der Waals surface area (Å²) < 4.78 is 14.7. The maximum absolute atomic E-state index is 13.3. The Bertz CT molecular complexity index is 956. The Balaban J connectivity index is 1.73. The summed E-state index contributed by atoms with van der Waals surface area (Å²) in [6.07, 6.45) is 0. The summed E-state index contributed by atoms with van der Waals surface area (Å²) in [6.45, 7) is 0. The van der Waals surface area contributed by atoms with Crippen molar-refractivity contribution < 1.29 is 4.39 Å². The Morgan fingerprint density at radius 3 is 2.42 bits per heavy atom. The van der Waals surface area contributed by atoms with Crippen LogP contribution < -0.4 is 0 Å². The Morgan fingerprint density at radius 2 is 1.62 bits per heavy atom. The first kappa shape index (κ1) is 14.8. The second-order valence-electron chi connectivity index (χ2n) is 5.16. The van der Waals surface area contributed by atoms with Crippen LogP contribution in [0, 0.1) is 5.82 Å². The summed E-state index contributed by atoms with van der Waals surface area (Å²) in [5.74, 6) is -0.246. The van der Waals surface area contributed by atoms with Crippen molar-refractivity contribution >= 4 is 17.4 Å². The van der Waals surface area contributed by atoms with Crippen LogP contribution in [0.3, 0.4) is 0 Å². The molecule has 2 aromatic heterocycles. The first-order chi connectivity index (χ1) is 11.8. The lowest BCUT2D eigenvalue weighted by Gasteiger charge is -2.17. The van der Waals surface area contributed by atoms with Crippen molar-refractivity contribution in [3.8, 4) is 0 Å². The van der Waals surface area contributed by atoms with Gasteiger partial charge in [0.05, 0.1) is 5.25 Å². The number of fused-ring (bicyclic) bond motifs is 1. The van der Waals surface area contributed by atoms with Crippen molar-refractivity contribution in [2.24, 2.45) is 0 Å². The van der Waals surface area contributed by atoms with E-state index in [2.05, 4.69) is 32.8 Å². The van der Waals surface area contributed by atoms with Crippen LogP contribution in [0.15, 0.2) is 71.8 Å². The van der Waals surface area contributed by atoms with Gasteiger partial charge in [0, 0.05) is 0 Å². The Labute approximate surface area is 141 Å². The fourth-order valence-electron chi connectivity index (χ4n) is 2.41. The van der Waals surface area contributed by atoms with Gasteiger partial charge in [-0.05, 0) is 45.8 Å². The number of benzene rings is 2. The van der Waals surface area contributed by atoms with Crippen LogP contribution in [0.4, 0.5) is 4.39 Å². The van der Waals surface area contributed by atoms with Gasteiger partial charge >= 0.3 is 0 Å². The molecule has 0 aliphatic heterocycles. The molecule has 1 atom stereocenters. The van der Waals surface area contributed by atoms with E-state index >= 15 is 0 Å². The lowest BCUT2D eigenvalue weighted by Crippen LogP contribution is -2.00. The number of thioether (sulfide) groups is 1. The third-order valence-corrected chi connectivity index (χ3v) is 4.80. The largest absolute Gasteiger partial charge is 0.207 e. The fraction of sp³-hybridized carbons (Fsp3) is 0.0588. The third kappa shape index (κ3) is 2.98. The molecule has 0 bridgehead atoms. The zero-order valence-electron chi connectivity index (χ0n) is 12.5. The van der Waals surface area contributed by atoms with E-state index in [-0.39, 0.29) is 11.1 Å². The van der Waals surface area contributed by atoms with E-state index in [4.69, 9.17) is 0 Å². The summed E-state index contributed by atoms with van der Waals surface area (Å²) >= 11 is 1.57. The van der Waals surface area contributed by atoms with Gasteiger partial charge in [-0.2, -0.15) is 0 Å². The van der Waals surface area contributed by atoms with E-state index in [1.54, 1.807) is 23.9 Å². The highest BCUT2D eigenvalue weighted by Crippen LogP contribution is 2.39. The minimum Gasteiger partial charge on any atom is -0.207 e. The summed E-state index contributed by atoms with van der Waals surface area (Å²) in [4.78, 5) is 0.